The van der Waals surface area contributed by atoms with Crippen molar-refractivity contribution in [3.8, 4) is 5.75 Å². The van der Waals surface area contributed by atoms with Crippen LogP contribution in [0.1, 0.15) is 31.1 Å². The van der Waals surface area contributed by atoms with Crippen LogP contribution in [0.2, 0.25) is 0 Å². The number of ether oxygens (including phenoxy) is 2. The summed E-state index contributed by atoms with van der Waals surface area (Å²) in [4.78, 5) is 29.6. The Kier molecular flexibility index (Phi) is 5.12. The molecule has 0 N–H and O–H groups in total. The summed E-state index contributed by atoms with van der Waals surface area (Å²) in [5.41, 5.74) is -0.128. The summed E-state index contributed by atoms with van der Waals surface area (Å²) in [6.45, 7) is 9.27. The van der Waals surface area contributed by atoms with Crippen LogP contribution in [0.15, 0.2) is 33.5 Å². The van der Waals surface area contributed by atoms with E-state index in [1.807, 2.05) is 19.9 Å². The molecular weight excluding hydrogens is 360 g/mol. The number of carbonyl (C=O) groups excluding carboxylic acids is 1. The molecule has 4 rings (SSSR count). The van der Waals surface area contributed by atoms with Crippen LogP contribution in [0.5, 0.6) is 5.75 Å². The second-order valence-electron chi connectivity index (χ2n) is 7.84. The molecule has 1 amide bonds. The third-order valence-electron chi connectivity index (χ3n) is 5.36. The molecule has 1 aromatic heterocycles. The van der Waals surface area contributed by atoms with Crippen molar-refractivity contribution < 1.29 is 18.7 Å². The van der Waals surface area contributed by atoms with Crippen molar-refractivity contribution in [3.63, 3.8) is 0 Å². The molecule has 0 aliphatic carbocycles. The van der Waals surface area contributed by atoms with E-state index in [-0.39, 0.29) is 23.6 Å². The molecule has 0 radical (unpaired) electrons. The molecule has 2 aliphatic heterocycles. The number of carbonyl (C=O) groups is 1. The number of hydrogen-bond donors (Lipinski definition) is 0. The minimum atomic E-state index is -0.616. The molecule has 7 nitrogen and oxygen atoms in total. The molecule has 28 heavy (non-hydrogen) atoms. The number of fused-ring (bicyclic) bond motifs is 2. The van der Waals surface area contributed by atoms with Crippen LogP contribution in [0, 0.1) is 0 Å². The lowest BCUT2D eigenvalue weighted by atomic mass is 10.1. The zero-order chi connectivity index (χ0) is 19.8. The highest BCUT2D eigenvalue weighted by atomic mass is 16.5. The van der Waals surface area contributed by atoms with Gasteiger partial charge in [0.15, 0.2) is 0 Å². The van der Waals surface area contributed by atoms with E-state index < -0.39 is 5.63 Å². The fourth-order valence-electron chi connectivity index (χ4n) is 4.01. The van der Waals surface area contributed by atoms with E-state index >= 15 is 0 Å². The van der Waals surface area contributed by atoms with Gasteiger partial charge < -0.3 is 18.8 Å². The lowest BCUT2D eigenvalue weighted by molar-refractivity contribution is -0.0700. The Bertz CT molecular complexity index is 938. The topological polar surface area (TPSA) is 72.2 Å². The molecule has 7 heteroatoms. The van der Waals surface area contributed by atoms with Crippen molar-refractivity contribution >= 4 is 16.9 Å². The fourth-order valence-corrected chi connectivity index (χ4v) is 4.01. The summed E-state index contributed by atoms with van der Waals surface area (Å²) in [7, 11) is 0. The summed E-state index contributed by atoms with van der Waals surface area (Å²) in [6.07, 6.45) is 0.0233. The van der Waals surface area contributed by atoms with Crippen molar-refractivity contribution in [2.24, 2.45) is 0 Å². The van der Waals surface area contributed by atoms with Crippen LogP contribution in [0.3, 0.4) is 0 Å². The lowest BCUT2D eigenvalue weighted by Crippen LogP contribution is -2.62. The molecule has 150 valence electrons. The first-order valence-corrected chi connectivity index (χ1v) is 9.79. The maximum Gasteiger partial charge on any atom is 0.349 e. The first-order chi connectivity index (χ1) is 13.4. The zero-order valence-electron chi connectivity index (χ0n) is 16.5. The molecule has 3 heterocycles. The van der Waals surface area contributed by atoms with Crippen molar-refractivity contribution in [2.75, 3.05) is 32.8 Å². The Morgan fingerprint density at radius 1 is 1.21 bits per heavy atom. The molecule has 0 saturated carbocycles. The van der Waals surface area contributed by atoms with Gasteiger partial charge in [-0.05, 0) is 39.0 Å². The van der Waals surface area contributed by atoms with E-state index in [2.05, 4.69) is 11.8 Å². The summed E-state index contributed by atoms with van der Waals surface area (Å²) >= 11 is 0. The van der Waals surface area contributed by atoms with Gasteiger partial charge in [0.25, 0.3) is 5.91 Å². The Balaban J connectivity index is 1.57. The van der Waals surface area contributed by atoms with Gasteiger partial charge in [-0.2, -0.15) is 0 Å². The van der Waals surface area contributed by atoms with Gasteiger partial charge >= 0.3 is 5.63 Å². The number of amides is 1. The maximum atomic E-state index is 13.0. The molecule has 2 aliphatic rings. The second-order valence-corrected chi connectivity index (χ2v) is 7.84. The fraction of sp³-hybridized carbons (Fsp3) is 0.524. The number of morpholine rings is 1. The normalized spacial score (nSPS) is 23.1. The van der Waals surface area contributed by atoms with Crippen LogP contribution < -0.4 is 10.4 Å². The number of piperazine rings is 1. The maximum absolute atomic E-state index is 13.0. The minimum Gasteiger partial charge on any atom is -0.491 e. The second kappa shape index (κ2) is 7.56. The van der Waals surface area contributed by atoms with Gasteiger partial charge in [0.2, 0.25) is 0 Å². The summed E-state index contributed by atoms with van der Waals surface area (Å²) in [5.74, 6) is 0.350. The molecule has 0 spiro atoms. The van der Waals surface area contributed by atoms with Crippen molar-refractivity contribution in [2.45, 2.75) is 39.0 Å². The van der Waals surface area contributed by atoms with Gasteiger partial charge in [0, 0.05) is 37.1 Å². The number of nitrogens with zero attached hydrogens (tertiary/aromatic N) is 2. The SMILES string of the molecule is CC(C)Oc1ccc2cc(C(=O)N3CCN4[C@@H](COC[C@@H]4C)C3)c(=O)oc2c1. The number of rotatable bonds is 3. The Morgan fingerprint density at radius 3 is 2.82 bits per heavy atom. The van der Waals surface area contributed by atoms with Crippen LogP contribution in [-0.4, -0.2) is 66.7 Å². The molecule has 2 saturated heterocycles. The highest BCUT2D eigenvalue weighted by molar-refractivity contribution is 5.96. The van der Waals surface area contributed by atoms with Crippen LogP contribution >= 0.6 is 0 Å². The molecular formula is C21H26N2O5. The quantitative estimate of drug-likeness (QED) is 0.753. The largest absolute Gasteiger partial charge is 0.491 e. The average Bonchev–Trinajstić information content (AvgIpc) is 2.66. The summed E-state index contributed by atoms with van der Waals surface area (Å²) < 4.78 is 16.7. The van der Waals surface area contributed by atoms with Gasteiger partial charge in [-0.25, -0.2) is 4.79 Å². The molecule has 0 unspecified atom stereocenters. The van der Waals surface area contributed by atoms with E-state index in [0.29, 0.717) is 42.5 Å². The van der Waals surface area contributed by atoms with E-state index in [1.54, 1.807) is 23.1 Å². The number of benzene rings is 1. The predicted octanol–water partition coefficient (Wildman–Crippen LogP) is 2.13. The predicted molar refractivity (Wildman–Crippen MR) is 105 cm³/mol. The van der Waals surface area contributed by atoms with E-state index in [1.165, 1.54) is 0 Å². The van der Waals surface area contributed by atoms with Crippen LogP contribution in [0.4, 0.5) is 0 Å². The standard InChI is InChI=1S/C21H26N2O5/c1-13(2)27-17-5-4-15-8-18(21(25)28-19(15)9-17)20(24)22-6-7-23-14(3)11-26-12-16(23)10-22/h4-5,8-9,13-14,16H,6-7,10-12H2,1-3H3/t14-,16+/m0/s1. The van der Waals surface area contributed by atoms with Gasteiger partial charge in [0.1, 0.15) is 16.9 Å². The van der Waals surface area contributed by atoms with E-state index in [9.17, 15) is 9.59 Å². The first-order valence-electron chi connectivity index (χ1n) is 9.79. The van der Waals surface area contributed by atoms with Crippen molar-refractivity contribution in [1.29, 1.82) is 0 Å². The average molecular weight is 386 g/mol. The van der Waals surface area contributed by atoms with Gasteiger partial charge in [-0.3, -0.25) is 9.69 Å². The third-order valence-corrected chi connectivity index (χ3v) is 5.36. The Labute approximate surface area is 163 Å². The van der Waals surface area contributed by atoms with Gasteiger partial charge in [-0.15, -0.1) is 0 Å². The van der Waals surface area contributed by atoms with Crippen LogP contribution in [-0.2, 0) is 4.74 Å². The van der Waals surface area contributed by atoms with Crippen molar-refractivity contribution in [1.82, 2.24) is 9.80 Å². The Morgan fingerprint density at radius 2 is 2.04 bits per heavy atom. The Hall–Kier alpha value is -2.38. The molecule has 2 aromatic rings. The molecule has 0 bridgehead atoms. The van der Waals surface area contributed by atoms with E-state index in [0.717, 1.165) is 13.2 Å². The monoisotopic (exact) mass is 386 g/mol. The van der Waals surface area contributed by atoms with Gasteiger partial charge in [0.05, 0.1) is 25.4 Å². The minimum absolute atomic E-state index is 0.0233. The highest BCUT2D eigenvalue weighted by Gasteiger charge is 2.36. The lowest BCUT2D eigenvalue weighted by Gasteiger charge is -2.46. The smallest absolute Gasteiger partial charge is 0.349 e. The first kappa shape index (κ1) is 19.0. The van der Waals surface area contributed by atoms with Crippen LogP contribution in [0.25, 0.3) is 11.0 Å². The summed E-state index contributed by atoms with van der Waals surface area (Å²) in [6, 6.07) is 7.45. The highest BCUT2D eigenvalue weighted by Crippen LogP contribution is 2.23. The number of hydrogen-bond acceptors (Lipinski definition) is 6. The third kappa shape index (κ3) is 3.64. The van der Waals surface area contributed by atoms with Crippen molar-refractivity contribution in [3.05, 3.63) is 40.2 Å². The molecule has 2 atom stereocenters. The zero-order valence-corrected chi connectivity index (χ0v) is 16.5. The molecule has 1 aromatic carbocycles. The van der Waals surface area contributed by atoms with E-state index in [4.69, 9.17) is 13.9 Å². The van der Waals surface area contributed by atoms with Gasteiger partial charge in [-0.1, -0.05) is 0 Å². The summed E-state index contributed by atoms with van der Waals surface area (Å²) in [5, 5.41) is 0.701. The molecule has 2 fully saturated rings.